The van der Waals surface area contributed by atoms with E-state index in [9.17, 15) is 18.8 Å². The van der Waals surface area contributed by atoms with Crippen LogP contribution in [0, 0.1) is 18.3 Å². The lowest BCUT2D eigenvalue weighted by molar-refractivity contribution is -0.0901. The van der Waals surface area contributed by atoms with Gasteiger partial charge in [0.1, 0.15) is 17.3 Å². The molecule has 0 atom stereocenters. The molecule has 1 aliphatic rings. The number of halogens is 2. The summed E-state index contributed by atoms with van der Waals surface area (Å²) in [6, 6.07) is 2.92. The second kappa shape index (κ2) is 5.79. The fourth-order valence-corrected chi connectivity index (χ4v) is 2.71. The van der Waals surface area contributed by atoms with E-state index in [1.165, 1.54) is 17.7 Å². The minimum atomic E-state index is -2.72. The number of alkyl halides is 2. The Morgan fingerprint density at radius 3 is 2.88 bits per heavy atom. The van der Waals surface area contributed by atoms with E-state index < -0.39 is 17.9 Å². The molecule has 2 heterocycles. The molecule has 1 N–H and O–H groups in total. The third-order valence-electron chi connectivity index (χ3n) is 3.88. The number of methoxy groups -OCH3 is 1. The van der Waals surface area contributed by atoms with Gasteiger partial charge in [0.15, 0.2) is 5.65 Å². The van der Waals surface area contributed by atoms with Gasteiger partial charge in [0.25, 0.3) is 11.8 Å². The largest absolute Gasteiger partial charge is 0.378 e. The minimum Gasteiger partial charge on any atom is -0.378 e. The molecule has 2 aromatic rings. The number of hydrogen-bond donors (Lipinski definition) is 1. The van der Waals surface area contributed by atoms with Crippen LogP contribution in [-0.4, -0.2) is 39.6 Å². The number of ether oxygens (including phenoxy) is 1. The highest BCUT2D eigenvalue weighted by Gasteiger charge is 2.46. The van der Waals surface area contributed by atoms with E-state index in [0.717, 1.165) is 0 Å². The van der Waals surface area contributed by atoms with Gasteiger partial charge in [-0.05, 0) is 13.0 Å². The number of nitrogens with one attached hydrogen (secondary N) is 1. The molecule has 0 aromatic carbocycles. The van der Waals surface area contributed by atoms with Crippen LogP contribution in [0.1, 0.15) is 40.3 Å². The van der Waals surface area contributed by atoms with Crippen molar-refractivity contribution < 1.29 is 18.3 Å². The predicted octanol–water partition coefficient (Wildman–Crippen LogP) is 1.58. The fraction of sp³-hybridized carbons (Fsp3) is 0.467. The first-order valence-corrected chi connectivity index (χ1v) is 7.31. The zero-order valence-corrected chi connectivity index (χ0v) is 13.1. The average molecular weight is 335 g/mol. The smallest absolute Gasteiger partial charge is 0.270 e. The molecule has 2 aromatic heterocycles. The molecule has 0 unspecified atom stereocenters. The lowest BCUT2D eigenvalue weighted by Gasteiger charge is -2.35. The van der Waals surface area contributed by atoms with Gasteiger partial charge in [0.05, 0.1) is 18.0 Å². The van der Waals surface area contributed by atoms with Crippen LogP contribution in [0.4, 0.5) is 8.78 Å². The van der Waals surface area contributed by atoms with Gasteiger partial charge in [0, 0.05) is 26.0 Å². The molecule has 1 aliphatic carbocycles. The van der Waals surface area contributed by atoms with Crippen molar-refractivity contribution in [1.82, 2.24) is 19.9 Å². The summed E-state index contributed by atoms with van der Waals surface area (Å²) in [7, 11) is 1.48. The maximum atomic E-state index is 12.9. The Kier molecular flexibility index (Phi) is 3.93. The van der Waals surface area contributed by atoms with Crippen molar-refractivity contribution >= 4 is 11.6 Å². The van der Waals surface area contributed by atoms with Gasteiger partial charge in [-0.15, -0.1) is 0 Å². The molecule has 9 heteroatoms. The molecule has 0 spiro atoms. The normalized spacial score (nSPS) is 16.6. The maximum Gasteiger partial charge on any atom is 0.270 e. The average Bonchev–Trinajstić information content (AvgIpc) is 2.80. The van der Waals surface area contributed by atoms with E-state index in [2.05, 4.69) is 15.4 Å². The molecule has 0 saturated heterocycles. The zero-order chi connectivity index (χ0) is 17.5. The molecule has 3 rings (SSSR count). The first-order valence-electron chi connectivity index (χ1n) is 7.31. The van der Waals surface area contributed by atoms with Crippen molar-refractivity contribution in [2.45, 2.75) is 38.3 Å². The number of nitrogens with zero attached hydrogens (tertiary/aromatic N) is 4. The van der Waals surface area contributed by atoms with E-state index in [4.69, 9.17) is 4.74 Å². The van der Waals surface area contributed by atoms with Gasteiger partial charge < -0.3 is 10.1 Å². The number of carbonyl (C=O) groups is 1. The van der Waals surface area contributed by atoms with Gasteiger partial charge in [-0.3, -0.25) is 4.79 Å². The Bertz CT molecular complexity index is 848. The SMILES string of the molecule is COCc1cc(C(=O)NC2CC(F)(F)C2)n2nc(C)c(C#N)c2n1. The number of aromatic nitrogens is 3. The van der Waals surface area contributed by atoms with Crippen LogP contribution < -0.4 is 5.32 Å². The van der Waals surface area contributed by atoms with E-state index in [-0.39, 0.29) is 36.4 Å². The van der Waals surface area contributed by atoms with Crippen LogP contribution in [0.15, 0.2) is 6.07 Å². The summed E-state index contributed by atoms with van der Waals surface area (Å²) in [5, 5.41) is 16.0. The quantitative estimate of drug-likeness (QED) is 0.916. The van der Waals surface area contributed by atoms with Crippen LogP contribution in [0.2, 0.25) is 0 Å². The fourth-order valence-electron chi connectivity index (χ4n) is 2.71. The molecular weight excluding hydrogens is 320 g/mol. The second-order valence-corrected chi connectivity index (χ2v) is 5.81. The number of hydrogen-bond acceptors (Lipinski definition) is 5. The Hall–Kier alpha value is -2.60. The van der Waals surface area contributed by atoms with Crippen molar-refractivity contribution in [2.75, 3.05) is 7.11 Å². The monoisotopic (exact) mass is 335 g/mol. The van der Waals surface area contributed by atoms with Crippen molar-refractivity contribution in [2.24, 2.45) is 0 Å². The third-order valence-corrected chi connectivity index (χ3v) is 3.88. The molecule has 1 saturated carbocycles. The lowest BCUT2D eigenvalue weighted by atomic mass is 9.88. The molecule has 1 amide bonds. The highest BCUT2D eigenvalue weighted by Crippen LogP contribution is 2.37. The summed E-state index contributed by atoms with van der Waals surface area (Å²) >= 11 is 0. The molecule has 0 aliphatic heterocycles. The van der Waals surface area contributed by atoms with Crippen molar-refractivity contribution in [3.63, 3.8) is 0 Å². The number of fused-ring (bicyclic) bond motifs is 1. The minimum absolute atomic E-state index is 0.131. The Morgan fingerprint density at radius 1 is 1.58 bits per heavy atom. The number of aryl methyl sites for hydroxylation is 1. The predicted molar refractivity (Wildman–Crippen MR) is 78.6 cm³/mol. The topological polar surface area (TPSA) is 92.3 Å². The van der Waals surface area contributed by atoms with E-state index in [1.807, 2.05) is 6.07 Å². The highest BCUT2D eigenvalue weighted by atomic mass is 19.3. The van der Waals surface area contributed by atoms with Crippen LogP contribution in [-0.2, 0) is 11.3 Å². The molecule has 24 heavy (non-hydrogen) atoms. The van der Waals surface area contributed by atoms with Gasteiger partial charge in [-0.1, -0.05) is 0 Å². The van der Waals surface area contributed by atoms with Crippen molar-refractivity contribution in [3.05, 3.63) is 28.7 Å². The van der Waals surface area contributed by atoms with Gasteiger partial charge in [0.2, 0.25) is 0 Å². The summed E-state index contributed by atoms with van der Waals surface area (Å²) in [5.41, 5.74) is 1.52. The summed E-state index contributed by atoms with van der Waals surface area (Å²) < 4.78 is 32.1. The standard InChI is InChI=1S/C15H15F2N5O2/c1-8-11(6-18)13-19-9(7-24-2)3-12(22(13)21-8)14(23)20-10-4-15(16,17)5-10/h3,10H,4-5,7H2,1-2H3,(H,20,23). The van der Waals surface area contributed by atoms with E-state index in [1.54, 1.807) is 6.92 Å². The highest BCUT2D eigenvalue weighted by molar-refractivity contribution is 5.93. The Balaban J connectivity index is 1.99. The maximum absolute atomic E-state index is 12.9. The van der Waals surface area contributed by atoms with Crippen molar-refractivity contribution in [3.8, 4) is 6.07 Å². The Labute approximate surface area is 136 Å². The van der Waals surface area contributed by atoms with Crippen LogP contribution in [0.5, 0.6) is 0 Å². The summed E-state index contributed by atoms with van der Waals surface area (Å²) in [6.45, 7) is 1.78. The lowest BCUT2D eigenvalue weighted by Crippen LogP contribution is -2.50. The van der Waals surface area contributed by atoms with Crippen molar-refractivity contribution in [1.29, 1.82) is 5.26 Å². The van der Waals surface area contributed by atoms with Gasteiger partial charge in [-0.2, -0.15) is 10.4 Å². The van der Waals surface area contributed by atoms with E-state index >= 15 is 0 Å². The van der Waals surface area contributed by atoms with Crippen LogP contribution in [0.3, 0.4) is 0 Å². The first-order chi connectivity index (χ1) is 11.3. The third kappa shape index (κ3) is 2.80. The summed E-state index contributed by atoms with van der Waals surface area (Å²) in [5.74, 6) is -3.25. The molecule has 7 nitrogen and oxygen atoms in total. The van der Waals surface area contributed by atoms with E-state index in [0.29, 0.717) is 11.4 Å². The number of nitriles is 1. The van der Waals surface area contributed by atoms with Gasteiger partial charge in [-0.25, -0.2) is 18.3 Å². The molecule has 126 valence electrons. The number of carbonyl (C=O) groups excluding carboxylic acids is 1. The van der Waals surface area contributed by atoms with Crippen LogP contribution >= 0.6 is 0 Å². The summed E-state index contributed by atoms with van der Waals surface area (Å²) in [6.07, 6.45) is -0.751. The van der Waals surface area contributed by atoms with Crippen LogP contribution in [0.25, 0.3) is 5.65 Å². The number of rotatable bonds is 4. The van der Waals surface area contributed by atoms with Gasteiger partial charge >= 0.3 is 0 Å². The molecular formula is C15H15F2N5O2. The zero-order valence-electron chi connectivity index (χ0n) is 13.1. The second-order valence-electron chi connectivity index (χ2n) is 5.81. The molecule has 0 radical (unpaired) electrons. The molecule has 1 fully saturated rings. The number of amides is 1. The summed E-state index contributed by atoms with van der Waals surface area (Å²) in [4.78, 5) is 16.8. The molecule has 0 bridgehead atoms. The Morgan fingerprint density at radius 2 is 2.29 bits per heavy atom. The first kappa shape index (κ1) is 16.3.